The summed E-state index contributed by atoms with van der Waals surface area (Å²) in [5, 5.41) is 7.22. The molecular weight excluding hydrogens is 398 g/mol. The number of carbonyl (C=O) groups excluding carboxylic acids is 1. The molecule has 1 N–H and O–H groups in total. The van der Waals surface area contributed by atoms with Crippen molar-refractivity contribution >= 4 is 27.5 Å². The summed E-state index contributed by atoms with van der Waals surface area (Å²) in [6.07, 6.45) is 7.06. The lowest BCUT2D eigenvalue weighted by atomic mass is 10.1. The van der Waals surface area contributed by atoms with Crippen molar-refractivity contribution in [3.63, 3.8) is 0 Å². The molecule has 1 aliphatic rings. The molecular formula is C18H20BrN5O2. The quantitative estimate of drug-likeness (QED) is 0.690. The van der Waals surface area contributed by atoms with Gasteiger partial charge in [-0.1, -0.05) is 6.42 Å². The molecule has 0 saturated carbocycles. The van der Waals surface area contributed by atoms with Crippen molar-refractivity contribution in [2.75, 3.05) is 19.6 Å². The van der Waals surface area contributed by atoms with Gasteiger partial charge in [0, 0.05) is 17.2 Å². The Balaban J connectivity index is 1.48. The normalized spacial score (nSPS) is 16.7. The largest absolute Gasteiger partial charge is 0.468 e. The van der Waals surface area contributed by atoms with E-state index in [4.69, 9.17) is 4.42 Å². The van der Waals surface area contributed by atoms with E-state index in [1.807, 2.05) is 24.3 Å². The van der Waals surface area contributed by atoms with Gasteiger partial charge in [-0.15, -0.1) is 5.10 Å². The molecule has 8 heteroatoms. The molecule has 1 atom stereocenters. The van der Waals surface area contributed by atoms with Gasteiger partial charge in [-0.25, -0.2) is 9.50 Å². The minimum atomic E-state index is -0.279. The first-order chi connectivity index (χ1) is 12.7. The number of likely N-dealkylation sites (tertiary alicyclic amines) is 1. The van der Waals surface area contributed by atoms with Gasteiger partial charge in [0.2, 0.25) is 5.82 Å². The highest BCUT2D eigenvalue weighted by molar-refractivity contribution is 9.10. The maximum Gasteiger partial charge on any atom is 0.291 e. The lowest BCUT2D eigenvalue weighted by Gasteiger charge is -2.33. The van der Waals surface area contributed by atoms with Crippen LogP contribution < -0.4 is 5.32 Å². The molecule has 0 aromatic carbocycles. The number of carbonyl (C=O) groups is 1. The number of pyridine rings is 1. The van der Waals surface area contributed by atoms with Crippen LogP contribution in [0, 0.1) is 0 Å². The molecule has 1 fully saturated rings. The van der Waals surface area contributed by atoms with Gasteiger partial charge in [-0.3, -0.25) is 9.69 Å². The van der Waals surface area contributed by atoms with Crippen LogP contribution in [0.5, 0.6) is 0 Å². The molecule has 136 valence electrons. The van der Waals surface area contributed by atoms with E-state index < -0.39 is 0 Å². The first kappa shape index (κ1) is 17.2. The number of rotatable bonds is 5. The van der Waals surface area contributed by atoms with Crippen molar-refractivity contribution in [2.45, 2.75) is 25.3 Å². The number of hydrogen-bond acceptors (Lipinski definition) is 5. The minimum absolute atomic E-state index is 0.0282. The second kappa shape index (κ2) is 7.59. The number of nitrogens with zero attached hydrogens (tertiary/aromatic N) is 4. The molecule has 1 amide bonds. The van der Waals surface area contributed by atoms with E-state index in [2.05, 4.69) is 36.2 Å². The molecule has 3 aromatic rings. The number of amides is 1. The van der Waals surface area contributed by atoms with Crippen molar-refractivity contribution in [1.82, 2.24) is 24.8 Å². The fourth-order valence-corrected chi connectivity index (χ4v) is 3.67. The van der Waals surface area contributed by atoms with E-state index >= 15 is 0 Å². The molecule has 4 heterocycles. The average molecular weight is 418 g/mol. The highest BCUT2D eigenvalue weighted by Crippen LogP contribution is 2.24. The zero-order valence-corrected chi connectivity index (χ0v) is 15.9. The first-order valence-electron chi connectivity index (χ1n) is 8.78. The van der Waals surface area contributed by atoms with Crippen LogP contribution >= 0.6 is 15.9 Å². The van der Waals surface area contributed by atoms with Gasteiger partial charge < -0.3 is 9.73 Å². The van der Waals surface area contributed by atoms with E-state index in [-0.39, 0.29) is 17.8 Å². The standard InChI is InChI=1S/C18H20BrN5O2/c19-13-6-7-16-21-17(22-24(16)12-13)18(25)20-11-14(15-5-4-10-26-15)23-8-2-1-3-9-23/h4-7,10,12,14H,1-3,8-9,11H2,(H,20,25)/t14-/m0/s1. The number of hydrogen-bond donors (Lipinski definition) is 1. The maximum atomic E-state index is 12.5. The second-order valence-corrected chi connectivity index (χ2v) is 7.34. The molecule has 4 rings (SSSR count). The van der Waals surface area contributed by atoms with Crippen LogP contribution in [0.25, 0.3) is 5.65 Å². The fourth-order valence-electron chi connectivity index (χ4n) is 3.34. The summed E-state index contributed by atoms with van der Waals surface area (Å²) >= 11 is 3.39. The Kier molecular flexibility index (Phi) is 5.03. The topological polar surface area (TPSA) is 75.7 Å². The van der Waals surface area contributed by atoms with Crippen LogP contribution in [0.15, 0.2) is 45.6 Å². The van der Waals surface area contributed by atoms with Crippen LogP contribution in [0.4, 0.5) is 0 Å². The molecule has 7 nitrogen and oxygen atoms in total. The van der Waals surface area contributed by atoms with E-state index in [1.165, 1.54) is 19.3 Å². The summed E-state index contributed by atoms with van der Waals surface area (Å²) in [4.78, 5) is 19.2. The number of aromatic nitrogens is 3. The minimum Gasteiger partial charge on any atom is -0.468 e. The summed E-state index contributed by atoms with van der Waals surface area (Å²) in [6, 6.07) is 7.56. The zero-order chi connectivity index (χ0) is 17.9. The first-order valence-corrected chi connectivity index (χ1v) is 9.57. The van der Waals surface area contributed by atoms with Crippen molar-refractivity contribution in [3.05, 3.63) is 52.8 Å². The van der Waals surface area contributed by atoms with Gasteiger partial charge in [-0.05, 0) is 66.1 Å². The summed E-state index contributed by atoms with van der Waals surface area (Å²) < 4.78 is 8.08. The molecule has 0 bridgehead atoms. The van der Waals surface area contributed by atoms with Gasteiger partial charge in [-0.2, -0.15) is 0 Å². The van der Waals surface area contributed by atoms with Crippen LogP contribution in [-0.4, -0.2) is 45.0 Å². The van der Waals surface area contributed by atoms with Crippen molar-refractivity contribution in [2.24, 2.45) is 0 Å². The number of piperidine rings is 1. The monoisotopic (exact) mass is 417 g/mol. The summed E-state index contributed by atoms with van der Waals surface area (Å²) in [6.45, 7) is 2.50. The van der Waals surface area contributed by atoms with Gasteiger partial charge in [0.25, 0.3) is 5.91 Å². The predicted octanol–water partition coefficient (Wildman–Crippen LogP) is 3.04. The van der Waals surface area contributed by atoms with Crippen LogP contribution in [0.2, 0.25) is 0 Å². The highest BCUT2D eigenvalue weighted by atomic mass is 79.9. The third-order valence-corrected chi connectivity index (χ3v) is 5.13. The predicted molar refractivity (Wildman–Crippen MR) is 99.9 cm³/mol. The Morgan fingerprint density at radius 3 is 2.88 bits per heavy atom. The Morgan fingerprint density at radius 2 is 2.12 bits per heavy atom. The molecule has 0 spiro atoms. The third kappa shape index (κ3) is 3.66. The van der Waals surface area contributed by atoms with E-state index in [0.29, 0.717) is 12.2 Å². The van der Waals surface area contributed by atoms with Crippen molar-refractivity contribution in [1.29, 1.82) is 0 Å². The number of halogens is 1. The number of nitrogens with one attached hydrogen (secondary N) is 1. The Labute approximate surface area is 159 Å². The van der Waals surface area contributed by atoms with Gasteiger partial charge >= 0.3 is 0 Å². The van der Waals surface area contributed by atoms with Crippen LogP contribution in [0.1, 0.15) is 41.7 Å². The maximum absolute atomic E-state index is 12.5. The number of fused-ring (bicyclic) bond motifs is 1. The Hall–Kier alpha value is -2.19. The SMILES string of the molecule is O=C(NC[C@@H](c1ccco1)N1CCCCC1)c1nc2ccc(Br)cn2n1. The van der Waals surface area contributed by atoms with Gasteiger partial charge in [0.05, 0.1) is 12.3 Å². The number of furan rings is 1. The summed E-state index contributed by atoms with van der Waals surface area (Å²) in [5.41, 5.74) is 0.636. The van der Waals surface area contributed by atoms with Crippen molar-refractivity contribution < 1.29 is 9.21 Å². The molecule has 26 heavy (non-hydrogen) atoms. The third-order valence-electron chi connectivity index (χ3n) is 4.66. The Morgan fingerprint density at radius 1 is 1.27 bits per heavy atom. The molecule has 0 radical (unpaired) electrons. The molecule has 1 saturated heterocycles. The van der Waals surface area contributed by atoms with E-state index in [9.17, 15) is 4.79 Å². The Bertz CT molecular complexity index is 886. The van der Waals surface area contributed by atoms with E-state index in [0.717, 1.165) is 23.3 Å². The smallest absolute Gasteiger partial charge is 0.291 e. The van der Waals surface area contributed by atoms with Gasteiger partial charge in [0.1, 0.15) is 5.76 Å². The summed E-state index contributed by atoms with van der Waals surface area (Å²) in [5.74, 6) is 0.761. The molecule has 0 aliphatic carbocycles. The van der Waals surface area contributed by atoms with E-state index in [1.54, 1.807) is 17.0 Å². The molecule has 1 aliphatic heterocycles. The highest BCUT2D eigenvalue weighted by Gasteiger charge is 2.25. The second-order valence-electron chi connectivity index (χ2n) is 6.42. The average Bonchev–Trinajstić information content (AvgIpc) is 3.32. The van der Waals surface area contributed by atoms with Crippen molar-refractivity contribution in [3.8, 4) is 0 Å². The molecule has 0 unspecified atom stereocenters. The lowest BCUT2D eigenvalue weighted by Crippen LogP contribution is -2.40. The van der Waals surface area contributed by atoms with Crippen LogP contribution in [0.3, 0.4) is 0 Å². The lowest BCUT2D eigenvalue weighted by molar-refractivity contribution is 0.0904. The van der Waals surface area contributed by atoms with Crippen LogP contribution in [-0.2, 0) is 0 Å². The fraction of sp³-hybridized carbons (Fsp3) is 0.389. The molecule has 3 aromatic heterocycles. The zero-order valence-electron chi connectivity index (χ0n) is 14.3. The van der Waals surface area contributed by atoms with Gasteiger partial charge in [0.15, 0.2) is 5.65 Å². The summed E-state index contributed by atoms with van der Waals surface area (Å²) in [7, 11) is 0.